The van der Waals surface area contributed by atoms with Gasteiger partial charge in [-0.25, -0.2) is 4.79 Å². The van der Waals surface area contributed by atoms with Gasteiger partial charge in [0.05, 0.1) is 6.04 Å². The van der Waals surface area contributed by atoms with E-state index in [1.54, 1.807) is 6.20 Å². The second-order valence-corrected chi connectivity index (χ2v) is 7.55. The summed E-state index contributed by atoms with van der Waals surface area (Å²) in [5.41, 5.74) is 0.619. The Kier molecular flexibility index (Phi) is 5.84. The van der Waals surface area contributed by atoms with E-state index in [1.807, 2.05) is 44.0 Å². The highest BCUT2D eigenvalue weighted by Gasteiger charge is 2.39. The number of rotatable bonds is 4. The van der Waals surface area contributed by atoms with Crippen LogP contribution in [0, 0.1) is 0 Å². The van der Waals surface area contributed by atoms with Crippen LogP contribution < -0.4 is 0 Å². The quantitative estimate of drug-likeness (QED) is 0.723. The van der Waals surface area contributed by atoms with Gasteiger partial charge in [-0.15, -0.1) is 0 Å². The van der Waals surface area contributed by atoms with Crippen molar-refractivity contribution in [3.05, 3.63) is 30.1 Å². The Labute approximate surface area is 141 Å². The highest BCUT2D eigenvalue weighted by atomic mass is 79.9. The first kappa shape index (κ1) is 17.3. The van der Waals surface area contributed by atoms with Crippen LogP contribution in [0.25, 0.3) is 0 Å². The molecule has 1 aliphatic rings. The first-order valence-electron chi connectivity index (χ1n) is 7.89. The molecule has 122 valence electrons. The third kappa shape index (κ3) is 4.45. The third-order valence-corrected chi connectivity index (χ3v) is 4.41. The highest BCUT2D eigenvalue weighted by Crippen LogP contribution is 2.38. The number of aromatic nitrogens is 1. The summed E-state index contributed by atoms with van der Waals surface area (Å²) in [6, 6.07) is 4.29. The molecule has 0 aromatic carbocycles. The number of hydrogen-bond donors (Lipinski definition) is 0. The molecule has 0 aliphatic carbocycles. The molecule has 0 radical (unpaired) electrons. The maximum Gasteiger partial charge on any atom is 0.411 e. The zero-order chi connectivity index (χ0) is 16.2. The van der Waals surface area contributed by atoms with Crippen molar-refractivity contribution >= 4 is 22.0 Å². The van der Waals surface area contributed by atoms with Gasteiger partial charge in [0.25, 0.3) is 0 Å². The summed E-state index contributed by atoms with van der Waals surface area (Å²) in [6.07, 6.45) is 7.46. The average Bonchev–Trinajstić information content (AvgIpc) is 2.88. The molecule has 2 heterocycles. The Balaban J connectivity index is 2.20. The topological polar surface area (TPSA) is 42.4 Å². The van der Waals surface area contributed by atoms with Gasteiger partial charge in [0, 0.05) is 23.8 Å². The lowest BCUT2D eigenvalue weighted by molar-refractivity contribution is 0.0136. The lowest BCUT2D eigenvalue weighted by Gasteiger charge is -2.32. The molecule has 4 nitrogen and oxygen atoms in total. The van der Waals surface area contributed by atoms with Gasteiger partial charge in [-0.3, -0.25) is 9.88 Å². The van der Waals surface area contributed by atoms with Crippen LogP contribution in [-0.4, -0.2) is 33.0 Å². The fourth-order valence-electron chi connectivity index (χ4n) is 2.97. The number of ether oxygens (including phenoxy) is 1. The Morgan fingerprint density at radius 3 is 2.82 bits per heavy atom. The van der Waals surface area contributed by atoms with Crippen LogP contribution in [-0.2, 0) is 4.74 Å². The van der Waals surface area contributed by atoms with Crippen LogP contribution in [0.3, 0.4) is 0 Å². The monoisotopic (exact) mass is 368 g/mol. The number of carbonyl (C=O) groups is 1. The van der Waals surface area contributed by atoms with Crippen molar-refractivity contribution < 1.29 is 9.53 Å². The van der Waals surface area contributed by atoms with E-state index < -0.39 is 5.60 Å². The Bertz CT molecular complexity index is 487. The van der Waals surface area contributed by atoms with Crippen molar-refractivity contribution in [3.8, 4) is 0 Å². The van der Waals surface area contributed by atoms with Gasteiger partial charge < -0.3 is 4.74 Å². The lowest BCUT2D eigenvalue weighted by atomic mass is 10.1. The van der Waals surface area contributed by atoms with Crippen molar-refractivity contribution in [1.82, 2.24) is 9.88 Å². The molecule has 0 unspecified atom stereocenters. The molecule has 1 aromatic rings. The van der Waals surface area contributed by atoms with Crippen molar-refractivity contribution in [2.75, 3.05) is 5.33 Å². The van der Waals surface area contributed by atoms with E-state index >= 15 is 0 Å². The molecule has 1 amide bonds. The van der Waals surface area contributed by atoms with E-state index in [-0.39, 0.29) is 18.2 Å². The zero-order valence-corrected chi connectivity index (χ0v) is 15.2. The summed E-state index contributed by atoms with van der Waals surface area (Å²) in [7, 11) is 0. The first-order chi connectivity index (χ1) is 10.4. The minimum Gasteiger partial charge on any atom is -0.444 e. The summed E-state index contributed by atoms with van der Waals surface area (Å²) in [5.74, 6) is 0. The number of carbonyl (C=O) groups excluding carboxylic acids is 1. The Morgan fingerprint density at radius 1 is 1.45 bits per heavy atom. The second-order valence-electron chi connectivity index (χ2n) is 6.75. The van der Waals surface area contributed by atoms with Crippen molar-refractivity contribution in [2.24, 2.45) is 0 Å². The summed E-state index contributed by atoms with van der Waals surface area (Å²) < 4.78 is 5.64. The van der Waals surface area contributed by atoms with Crippen molar-refractivity contribution in [1.29, 1.82) is 0 Å². The minimum absolute atomic E-state index is 0.0730. The SMILES string of the molecule is CC(C)(C)OC(=O)N1[C@@H](CCCBr)CC[C@H]1c1cccnc1. The van der Waals surface area contributed by atoms with Crippen molar-refractivity contribution in [2.45, 2.75) is 64.1 Å². The van der Waals surface area contributed by atoms with Crippen LogP contribution in [0.2, 0.25) is 0 Å². The van der Waals surface area contributed by atoms with Crippen LogP contribution in [0.4, 0.5) is 4.79 Å². The van der Waals surface area contributed by atoms with Gasteiger partial charge in [0.2, 0.25) is 0 Å². The molecular formula is C17H25BrN2O2. The van der Waals surface area contributed by atoms with E-state index in [0.717, 1.165) is 36.6 Å². The molecule has 0 spiro atoms. The van der Waals surface area contributed by atoms with E-state index in [0.29, 0.717) is 0 Å². The van der Waals surface area contributed by atoms with E-state index in [9.17, 15) is 4.79 Å². The summed E-state index contributed by atoms with van der Waals surface area (Å²) in [6.45, 7) is 5.73. The van der Waals surface area contributed by atoms with Crippen molar-refractivity contribution in [3.63, 3.8) is 0 Å². The molecule has 0 saturated carbocycles. The third-order valence-electron chi connectivity index (χ3n) is 3.85. The molecule has 1 saturated heterocycles. The zero-order valence-electron chi connectivity index (χ0n) is 13.6. The normalized spacial score (nSPS) is 21.9. The smallest absolute Gasteiger partial charge is 0.411 e. The maximum atomic E-state index is 12.7. The average molecular weight is 369 g/mol. The van der Waals surface area contributed by atoms with E-state index in [2.05, 4.69) is 20.9 Å². The molecule has 22 heavy (non-hydrogen) atoms. The number of pyridine rings is 1. The number of halogens is 1. The summed E-state index contributed by atoms with van der Waals surface area (Å²) in [5, 5.41) is 0.962. The predicted octanol–water partition coefficient (Wildman–Crippen LogP) is 4.70. The highest BCUT2D eigenvalue weighted by molar-refractivity contribution is 9.09. The van der Waals surface area contributed by atoms with Gasteiger partial charge in [0.15, 0.2) is 0 Å². The molecule has 2 rings (SSSR count). The fraction of sp³-hybridized carbons (Fsp3) is 0.647. The number of hydrogen-bond acceptors (Lipinski definition) is 3. The maximum absolute atomic E-state index is 12.7. The number of nitrogens with zero attached hydrogens (tertiary/aromatic N) is 2. The Hall–Kier alpha value is -1.10. The van der Waals surface area contributed by atoms with Gasteiger partial charge in [-0.2, -0.15) is 0 Å². The molecule has 0 bridgehead atoms. The number of amides is 1. The van der Waals surface area contributed by atoms with Crippen LogP contribution in [0.15, 0.2) is 24.5 Å². The molecule has 0 N–H and O–H groups in total. The van der Waals surface area contributed by atoms with Gasteiger partial charge >= 0.3 is 6.09 Å². The van der Waals surface area contributed by atoms with E-state index in [1.165, 1.54) is 0 Å². The number of alkyl halides is 1. The lowest BCUT2D eigenvalue weighted by Crippen LogP contribution is -2.41. The first-order valence-corrected chi connectivity index (χ1v) is 9.01. The molecule has 1 aliphatic heterocycles. The van der Waals surface area contributed by atoms with Gasteiger partial charge in [0.1, 0.15) is 5.60 Å². The minimum atomic E-state index is -0.473. The predicted molar refractivity (Wildman–Crippen MR) is 91.1 cm³/mol. The molecule has 1 fully saturated rings. The fourth-order valence-corrected chi connectivity index (χ4v) is 3.29. The van der Waals surface area contributed by atoms with Crippen LogP contribution >= 0.6 is 15.9 Å². The summed E-state index contributed by atoms with van der Waals surface area (Å²) >= 11 is 3.48. The molecule has 1 aromatic heterocycles. The van der Waals surface area contributed by atoms with Crippen LogP contribution in [0.5, 0.6) is 0 Å². The number of likely N-dealkylation sites (tertiary alicyclic amines) is 1. The molecule has 2 atom stereocenters. The summed E-state index contributed by atoms with van der Waals surface area (Å²) in [4.78, 5) is 18.8. The Morgan fingerprint density at radius 2 is 2.23 bits per heavy atom. The van der Waals surface area contributed by atoms with Gasteiger partial charge in [-0.05, 0) is 58.1 Å². The molecule has 5 heteroatoms. The molecular weight excluding hydrogens is 344 g/mol. The van der Waals surface area contributed by atoms with Gasteiger partial charge in [-0.1, -0.05) is 22.0 Å². The largest absolute Gasteiger partial charge is 0.444 e. The van der Waals surface area contributed by atoms with E-state index in [4.69, 9.17) is 4.74 Å². The standard InChI is InChI=1S/C17H25BrN2O2/c1-17(2,3)22-16(21)20-14(7-4-10-18)8-9-15(20)13-6-5-11-19-12-13/h5-6,11-12,14-15H,4,7-10H2,1-3H3/t14-,15-/m0/s1. The second kappa shape index (κ2) is 7.44. The van der Waals surface area contributed by atoms with Crippen LogP contribution in [0.1, 0.15) is 58.1 Å².